The number of para-hydroxylation sites is 2. The second-order valence-corrected chi connectivity index (χ2v) is 8.06. The zero-order chi connectivity index (χ0) is 19.7. The van der Waals surface area contributed by atoms with Crippen molar-refractivity contribution in [3.63, 3.8) is 0 Å². The van der Waals surface area contributed by atoms with Gasteiger partial charge >= 0.3 is 0 Å². The zero-order valence-corrected chi connectivity index (χ0v) is 16.0. The van der Waals surface area contributed by atoms with Crippen molar-refractivity contribution in [1.29, 1.82) is 0 Å². The summed E-state index contributed by atoms with van der Waals surface area (Å²) in [5.74, 6) is -0.486. The number of hydrogen-bond donors (Lipinski definition) is 1. The molecule has 1 aromatic rings. The lowest BCUT2D eigenvalue weighted by molar-refractivity contribution is -1.10. The highest BCUT2D eigenvalue weighted by Crippen LogP contribution is 2.35. The molecule has 2 atom stereocenters. The van der Waals surface area contributed by atoms with Crippen LogP contribution in [0.4, 0.5) is 5.69 Å². The molecule has 1 aromatic carbocycles. The van der Waals surface area contributed by atoms with E-state index in [9.17, 15) is 19.9 Å². The molecule has 2 fully saturated rings. The van der Waals surface area contributed by atoms with Crippen LogP contribution in [0.25, 0.3) is 0 Å². The number of quaternary nitrogens is 1. The molecule has 3 aliphatic rings. The Hall–Kier alpha value is -2.38. The summed E-state index contributed by atoms with van der Waals surface area (Å²) in [6, 6.07) is 6.96. The first-order valence-corrected chi connectivity index (χ1v) is 10.1. The van der Waals surface area contributed by atoms with Gasteiger partial charge in [0.05, 0.1) is 24.9 Å². The first kappa shape index (κ1) is 19.0. The summed E-state index contributed by atoms with van der Waals surface area (Å²) in [7, 11) is 0. The third kappa shape index (κ3) is 3.52. The Labute approximate surface area is 165 Å². The summed E-state index contributed by atoms with van der Waals surface area (Å²) in [5.41, 5.74) is 0.679. The maximum absolute atomic E-state index is 12.5. The van der Waals surface area contributed by atoms with Crippen LogP contribution in [0.1, 0.15) is 19.3 Å². The number of hydrogen-bond acceptors (Lipinski definition) is 5. The fourth-order valence-electron chi connectivity index (χ4n) is 4.63. The number of allylic oxidation sites excluding steroid dienone is 2. The first-order chi connectivity index (χ1) is 13.5. The van der Waals surface area contributed by atoms with Crippen molar-refractivity contribution in [2.24, 2.45) is 11.8 Å². The number of piperazine rings is 1. The molecule has 7 heteroatoms. The lowest BCUT2D eigenvalue weighted by atomic mass is 9.85. The van der Waals surface area contributed by atoms with Crippen LogP contribution in [0.3, 0.4) is 0 Å². The van der Waals surface area contributed by atoms with Gasteiger partial charge in [0.25, 0.3) is 0 Å². The van der Waals surface area contributed by atoms with Crippen molar-refractivity contribution in [2.75, 3.05) is 44.2 Å². The maximum atomic E-state index is 12.5. The smallest absolute Gasteiger partial charge is 0.233 e. The van der Waals surface area contributed by atoms with Crippen molar-refractivity contribution in [3.05, 3.63) is 36.4 Å². The van der Waals surface area contributed by atoms with E-state index in [4.69, 9.17) is 0 Å². The minimum atomic E-state index is -0.189. The molecule has 7 nitrogen and oxygen atoms in total. The van der Waals surface area contributed by atoms with Crippen LogP contribution in [0.2, 0.25) is 0 Å². The van der Waals surface area contributed by atoms with Crippen molar-refractivity contribution in [2.45, 2.75) is 19.3 Å². The molecule has 2 heterocycles. The van der Waals surface area contributed by atoms with E-state index in [-0.39, 0.29) is 34.0 Å². The molecule has 0 saturated carbocycles. The Bertz CT molecular complexity index is 760. The molecular formula is C21H27N3O4. The van der Waals surface area contributed by atoms with Crippen molar-refractivity contribution in [3.8, 4) is 5.75 Å². The van der Waals surface area contributed by atoms with Crippen LogP contribution < -0.4 is 10.0 Å². The molecule has 0 radical (unpaired) electrons. The fourth-order valence-corrected chi connectivity index (χ4v) is 4.63. The molecule has 2 amide bonds. The number of amides is 2. The van der Waals surface area contributed by atoms with Gasteiger partial charge in [-0.05, 0) is 18.9 Å². The van der Waals surface area contributed by atoms with Crippen LogP contribution in [-0.2, 0) is 9.59 Å². The number of fused-ring (bicyclic) bond motifs is 1. The first-order valence-electron chi connectivity index (χ1n) is 10.1. The molecule has 0 spiro atoms. The summed E-state index contributed by atoms with van der Waals surface area (Å²) < 4.78 is -0.0812. The largest absolute Gasteiger partial charge is 0.871 e. The fraction of sp³-hybridized carbons (Fsp3) is 0.524. The van der Waals surface area contributed by atoms with E-state index in [1.807, 2.05) is 29.2 Å². The molecular weight excluding hydrogens is 358 g/mol. The monoisotopic (exact) mass is 385 g/mol. The topological polar surface area (TPSA) is 83.9 Å². The van der Waals surface area contributed by atoms with Gasteiger partial charge in [0, 0.05) is 18.7 Å². The van der Waals surface area contributed by atoms with Crippen LogP contribution in [0.15, 0.2) is 36.4 Å². The molecule has 150 valence electrons. The lowest BCUT2D eigenvalue weighted by Gasteiger charge is -2.40. The number of carbonyl (C=O) groups is 2. The summed E-state index contributed by atoms with van der Waals surface area (Å²) in [6.45, 7) is 3.12. The minimum absolute atomic E-state index is 0.00227. The number of benzene rings is 1. The highest BCUT2D eigenvalue weighted by Gasteiger charge is 2.47. The number of likely N-dealkylation sites (tertiary alicyclic amines) is 1. The highest BCUT2D eigenvalue weighted by atomic mass is 16.5. The molecule has 4 rings (SSSR count). The minimum Gasteiger partial charge on any atom is -0.871 e. The Kier molecular flexibility index (Phi) is 5.12. The molecule has 0 bridgehead atoms. The summed E-state index contributed by atoms with van der Waals surface area (Å²) in [6.07, 6.45) is 5.87. The van der Waals surface area contributed by atoms with E-state index in [1.54, 1.807) is 12.1 Å². The highest BCUT2D eigenvalue weighted by molar-refractivity contribution is 6.05. The number of imide groups is 1. The number of carbonyl (C=O) groups excluding carboxylic acids is 2. The van der Waals surface area contributed by atoms with E-state index in [1.165, 1.54) is 4.90 Å². The average Bonchev–Trinajstić information content (AvgIpc) is 2.94. The SMILES string of the molecule is O=C1C2CC=CCC2C(=O)N1CCC[N+]1(O)CCN(c2ccccc2[O-])CC1. The molecule has 28 heavy (non-hydrogen) atoms. The normalized spacial score (nSPS) is 26.6. The molecule has 2 unspecified atom stereocenters. The van der Waals surface area contributed by atoms with Crippen LogP contribution in [0, 0.1) is 11.8 Å². The van der Waals surface area contributed by atoms with Gasteiger partial charge in [-0.25, -0.2) is 5.21 Å². The summed E-state index contributed by atoms with van der Waals surface area (Å²) >= 11 is 0. The van der Waals surface area contributed by atoms with Crippen molar-refractivity contribution >= 4 is 17.5 Å². The van der Waals surface area contributed by atoms with Gasteiger partial charge in [-0.1, -0.05) is 36.1 Å². The number of rotatable bonds is 5. The molecule has 2 saturated heterocycles. The van der Waals surface area contributed by atoms with Gasteiger partial charge in [0.2, 0.25) is 11.8 Å². The van der Waals surface area contributed by atoms with Gasteiger partial charge in [-0.3, -0.25) is 14.5 Å². The maximum Gasteiger partial charge on any atom is 0.233 e. The molecule has 1 N–H and O–H groups in total. The van der Waals surface area contributed by atoms with Crippen LogP contribution in [0.5, 0.6) is 5.75 Å². The van der Waals surface area contributed by atoms with Gasteiger partial charge in [0.1, 0.15) is 19.6 Å². The van der Waals surface area contributed by atoms with E-state index in [0.717, 1.165) is 0 Å². The van der Waals surface area contributed by atoms with Gasteiger partial charge in [-0.15, -0.1) is 0 Å². The van der Waals surface area contributed by atoms with E-state index in [2.05, 4.69) is 0 Å². The second kappa shape index (κ2) is 7.56. The predicted octanol–water partition coefficient (Wildman–Crippen LogP) is 1.13. The number of nitrogens with zero attached hydrogens (tertiary/aromatic N) is 3. The standard InChI is InChI=1S/C21H27N3O4/c25-19-9-4-3-8-18(19)22-11-14-24(28,15-12-22)13-5-10-23-20(26)16-6-1-2-7-17(16)21(23)27/h1-4,8-9,16-17,28H,5-7,10-15H2. The second-order valence-electron chi connectivity index (χ2n) is 8.06. The Morgan fingerprint density at radius 3 is 2.25 bits per heavy atom. The zero-order valence-electron chi connectivity index (χ0n) is 16.0. The summed E-state index contributed by atoms with van der Waals surface area (Å²) in [5, 5.41) is 22.8. The number of anilines is 1. The predicted molar refractivity (Wildman–Crippen MR) is 101 cm³/mol. The summed E-state index contributed by atoms with van der Waals surface area (Å²) in [4.78, 5) is 28.4. The third-order valence-corrected chi connectivity index (χ3v) is 6.33. The van der Waals surface area contributed by atoms with E-state index in [0.29, 0.717) is 64.2 Å². The van der Waals surface area contributed by atoms with E-state index < -0.39 is 0 Å². The van der Waals surface area contributed by atoms with Crippen LogP contribution in [-0.4, -0.2) is 65.8 Å². The average molecular weight is 385 g/mol. The van der Waals surface area contributed by atoms with Gasteiger partial charge in [-0.2, -0.15) is 4.65 Å². The number of hydroxylamine groups is 3. The third-order valence-electron chi connectivity index (χ3n) is 6.33. The van der Waals surface area contributed by atoms with Gasteiger partial charge < -0.3 is 10.0 Å². The van der Waals surface area contributed by atoms with Crippen molar-refractivity contribution in [1.82, 2.24) is 4.90 Å². The Morgan fingerprint density at radius 2 is 1.64 bits per heavy atom. The molecule has 2 aliphatic heterocycles. The van der Waals surface area contributed by atoms with Gasteiger partial charge in [0.15, 0.2) is 0 Å². The van der Waals surface area contributed by atoms with E-state index >= 15 is 0 Å². The van der Waals surface area contributed by atoms with Crippen LogP contribution >= 0.6 is 0 Å². The Morgan fingerprint density at radius 1 is 1.04 bits per heavy atom. The molecule has 1 aliphatic carbocycles. The lowest BCUT2D eigenvalue weighted by Crippen LogP contribution is -2.58. The van der Waals surface area contributed by atoms with Crippen molar-refractivity contribution < 1.29 is 24.5 Å². The molecule has 0 aromatic heterocycles. The quantitative estimate of drug-likeness (QED) is 0.467. The Balaban J connectivity index is 1.28.